The molecule has 0 saturated heterocycles. The van der Waals surface area contributed by atoms with Crippen molar-refractivity contribution in [3.63, 3.8) is 0 Å². The first-order valence-corrected chi connectivity index (χ1v) is 6.58. The molecule has 0 aliphatic heterocycles. The second kappa shape index (κ2) is 5.15. The Morgan fingerprint density at radius 3 is 1.68 bits per heavy atom. The summed E-state index contributed by atoms with van der Waals surface area (Å²) >= 11 is 0. The normalized spacial score (nSPS) is 12.0. The minimum atomic E-state index is 0.322. The van der Waals surface area contributed by atoms with Crippen molar-refractivity contribution in [1.29, 1.82) is 0 Å². The van der Waals surface area contributed by atoms with E-state index in [1.807, 2.05) is 6.07 Å². The van der Waals surface area contributed by atoms with E-state index in [4.69, 9.17) is 5.11 Å². The maximum Gasteiger partial charge on any atom is 0.115 e. The van der Waals surface area contributed by atoms with Crippen molar-refractivity contribution >= 4 is 10.8 Å². The van der Waals surface area contributed by atoms with Gasteiger partial charge in [0.25, 0.3) is 0 Å². The van der Waals surface area contributed by atoms with Crippen LogP contribution in [0.3, 0.4) is 0 Å². The van der Waals surface area contributed by atoms with Gasteiger partial charge in [0.2, 0.25) is 0 Å². The number of phenols is 1. The van der Waals surface area contributed by atoms with Crippen LogP contribution in [-0.2, 0) is 12.8 Å². The van der Waals surface area contributed by atoms with Gasteiger partial charge < -0.3 is 5.11 Å². The molecule has 0 unspecified atom stereocenters. The molecule has 94 valence electrons. The van der Waals surface area contributed by atoms with Crippen LogP contribution in [0.1, 0.15) is 11.1 Å². The maximum absolute atomic E-state index is 8.63. The van der Waals surface area contributed by atoms with E-state index >= 15 is 0 Å². The Labute approximate surface area is 113 Å². The number of hydrogen-bond acceptors (Lipinski definition) is 1. The van der Waals surface area contributed by atoms with Crippen LogP contribution >= 0.6 is 0 Å². The summed E-state index contributed by atoms with van der Waals surface area (Å²) < 4.78 is 0. The molecule has 0 radical (unpaired) electrons. The fourth-order valence-corrected chi connectivity index (χ4v) is 2.62. The van der Waals surface area contributed by atoms with Gasteiger partial charge in [0.15, 0.2) is 0 Å². The number of aryl methyl sites for hydroxylation is 2. The molecule has 1 nitrogen and oxygen atoms in total. The van der Waals surface area contributed by atoms with Gasteiger partial charge in [0.05, 0.1) is 0 Å². The standard InChI is InChI=1S/C12H10.C6H6O/c1-3-9-4-2-6-11-8-7-10(5-1)12(9)11;7-6-4-2-1-3-5-6/h1-6H,7-8H2;1-5,7H. The lowest BCUT2D eigenvalue weighted by Crippen LogP contribution is -1.76. The second-order valence-corrected chi connectivity index (χ2v) is 4.77. The predicted molar refractivity (Wildman–Crippen MR) is 79.5 cm³/mol. The highest BCUT2D eigenvalue weighted by molar-refractivity contribution is 5.90. The molecule has 0 saturated carbocycles. The molecule has 4 rings (SSSR count). The molecule has 3 aromatic rings. The molecule has 0 amide bonds. The van der Waals surface area contributed by atoms with Crippen LogP contribution in [-0.4, -0.2) is 5.11 Å². The first-order valence-electron chi connectivity index (χ1n) is 6.58. The van der Waals surface area contributed by atoms with Gasteiger partial charge in [-0.25, -0.2) is 0 Å². The van der Waals surface area contributed by atoms with Crippen LogP contribution in [0.2, 0.25) is 0 Å². The zero-order valence-electron chi connectivity index (χ0n) is 10.7. The minimum absolute atomic E-state index is 0.322. The summed E-state index contributed by atoms with van der Waals surface area (Å²) in [4.78, 5) is 0. The molecular weight excluding hydrogens is 232 g/mol. The predicted octanol–water partition coefficient (Wildman–Crippen LogP) is 4.33. The average molecular weight is 248 g/mol. The zero-order valence-corrected chi connectivity index (χ0v) is 10.7. The topological polar surface area (TPSA) is 20.2 Å². The van der Waals surface area contributed by atoms with E-state index in [9.17, 15) is 0 Å². The quantitative estimate of drug-likeness (QED) is 0.627. The summed E-state index contributed by atoms with van der Waals surface area (Å²) in [6.07, 6.45) is 2.47. The summed E-state index contributed by atoms with van der Waals surface area (Å²) in [5.74, 6) is 0.322. The van der Waals surface area contributed by atoms with Gasteiger partial charge in [-0.1, -0.05) is 54.6 Å². The Bertz CT molecular complexity index is 648. The summed E-state index contributed by atoms with van der Waals surface area (Å²) in [6.45, 7) is 0. The highest BCUT2D eigenvalue weighted by atomic mass is 16.3. The van der Waals surface area contributed by atoms with Gasteiger partial charge in [-0.15, -0.1) is 0 Å². The number of hydrogen-bond donors (Lipinski definition) is 1. The van der Waals surface area contributed by atoms with Gasteiger partial charge in [0.1, 0.15) is 5.75 Å². The van der Waals surface area contributed by atoms with Crippen molar-refractivity contribution in [3.05, 3.63) is 77.9 Å². The minimum Gasteiger partial charge on any atom is -0.508 e. The van der Waals surface area contributed by atoms with E-state index in [0.29, 0.717) is 5.75 Å². The Morgan fingerprint density at radius 1 is 0.632 bits per heavy atom. The molecule has 0 bridgehead atoms. The zero-order chi connectivity index (χ0) is 13.1. The molecule has 0 fully saturated rings. The third-order valence-electron chi connectivity index (χ3n) is 3.50. The molecule has 19 heavy (non-hydrogen) atoms. The molecule has 1 heteroatoms. The molecular formula is C18H16O. The van der Waals surface area contributed by atoms with Crippen LogP contribution < -0.4 is 0 Å². The maximum atomic E-state index is 8.63. The first-order chi connectivity index (χ1) is 9.34. The average Bonchev–Trinajstić information content (AvgIpc) is 2.87. The van der Waals surface area contributed by atoms with Gasteiger partial charge >= 0.3 is 0 Å². The summed E-state index contributed by atoms with van der Waals surface area (Å²) in [6, 6.07) is 21.9. The Morgan fingerprint density at radius 2 is 1.21 bits per heavy atom. The highest BCUT2D eigenvalue weighted by Crippen LogP contribution is 2.29. The van der Waals surface area contributed by atoms with Gasteiger partial charge in [-0.2, -0.15) is 0 Å². The molecule has 0 aromatic heterocycles. The van der Waals surface area contributed by atoms with Gasteiger partial charge in [-0.05, 0) is 46.9 Å². The fourth-order valence-electron chi connectivity index (χ4n) is 2.62. The Balaban J connectivity index is 0.000000136. The van der Waals surface area contributed by atoms with Crippen molar-refractivity contribution in [3.8, 4) is 5.75 Å². The van der Waals surface area contributed by atoms with E-state index in [1.54, 1.807) is 24.3 Å². The van der Waals surface area contributed by atoms with Crippen LogP contribution in [0.15, 0.2) is 66.7 Å². The SMILES string of the molecule is Oc1ccccc1.c1cc2c3c(cccc3c1)CC2. The van der Waals surface area contributed by atoms with Crippen molar-refractivity contribution in [2.45, 2.75) is 12.8 Å². The van der Waals surface area contributed by atoms with Crippen molar-refractivity contribution in [1.82, 2.24) is 0 Å². The molecule has 1 aliphatic rings. The monoisotopic (exact) mass is 248 g/mol. The Kier molecular flexibility index (Phi) is 3.20. The van der Waals surface area contributed by atoms with Gasteiger partial charge in [-0.3, -0.25) is 0 Å². The van der Waals surface area contributed by atoms with E-state index in [2.05, 4.69) is 36.4 Å². The molecule has 0 spiro atoms. The molecule has 3 aromatic carbocycles. The Hall–Kier alpha value is -2.28. The van der Waals surface area contributed by atoms with E-state index in [0.717, 1.165) is 0 Å². The third-order valence-corrected chi connectivity index (χ3v) is 3.50. The second-order valence-electron chi connectivity index (χ2n) is 4.77. The van der Waals surface area contributed by atoms with Crippen molar-refractivity contribution in [2.75, 3.05) is 0 Å². The van der Waals surface area contributed by atoms with Crippen molar-refractivity contribution < 1.29 is 5.11 Å². The van der Waals surface area contributed by atoms with Crippen LogP contribution in [0.25, 0.3) is 10.8 Å². The third kappa shape index (κ3) is 2.45. The summed E-state index contributed by atoms with van der Waals surface area (Å²) in [7, 11) is 0. The van der Waals surface area contributed by atoms with E-state index < -0.39 is 0 Å². The van der Waals surface area contributed by atoms with Crippen LogP contribution in [0, 0.1) is 0 Å². The highest BCUT2D eigenvalue weighted by Gasteiger charge is 2.11. The lowest BCUT2D eigenvalue weighted by molar-refractivity contribution is 0.475. The van der Waals surface area contributed by atoms with Crippen LogP contribution in [0.4, 0.5) is 0 Å². The number of para-hydroxylation sites is 1. The van der Waals surface area contributed by atoms with E-state index in [1.165, 1.54) is 34.7 Å². The molecule has 0 atom stereocenters. The number of benzene rings is 3. The fraction of sp³-hybridized carbons (Fsp3) is 0.111. The lowest BCUT2D eigenvalue weighted by atomic mass is 10.1. The van der Waals surface area contributed by atoms with E-state index in [-0.39, 0.29) is 0 Å². The van der Waals surface area contributed by atoms with Crippen LogP contribution in [0.5, 0.6) is 5.75 Å². The summed E-state index contributed by atoms with van der Waals surface area (Å²) in [5.41, 5.74) is 3.06. The largest absolute Gasteiger partial charge is 0.508 e. The number of rotatable bonds is 0. The first kappa shape index (κ1) is 11.8. The number of aromatic hydroxyl groups is 1. The smallest absolute Gasteiger partial charge is 0.115 e. The van der Waals surface area contributed by atoms with Crippen molar-refractivity contribution in [2.24, 2.45) is 0 Å². The summed E-state index contributed by atoms with van der Waals surface area (Å²) in [5, 5.41) is 11.6. The molecule has 1 N–H and O–H groups in total. The van der Waals surface area contributed by atoms with Gasteiger partial charge in [0, 0.05) is 0 Å². The molecule has 0 heterocycles. The lowest BCUT2D eigenvalue weighted by Gasteiger charge is -1.99. The number of phenolic OH excluding ortho intramolecular Hbond substituents is 1. The molecule has 1 aliphatic carbocycles.